The number of benzene rings is 1. The SMILES string of the molecule is Cc1ccc(OCCN2CCN(C(=O)C3CCCCC3)CC2)cc1. The smallest absolute Gasteiger partial charge is 0.225 e. The number of aryl methyl sites for hydroxylation is 1. The van der Waals surface area contributed by atoms with E-state index in [4.69, 9.17) is 4.74 Å². The summed E-state index contributed by atoms with van der Waals surface area (Å²) in [6.45, 7) is 7.40. The Morgan fingerprint density at radius 2 is 1.71 bits per heavy atom. The molecule has 1 heterocycles. The molecule has 2 aliphatic rings. The monoisotopic (exact) mass is 330 g/mol. The van der Waals surface area contributed by atoms with Gasteiger partial charge >= 0.3 is 0 Å². The average molecular weight is 330 g/mol. The van der Waals surface area contributed by atoms with Gasteiger partial charge in [-0.05, 0) is 31.9 Å². The maximum absolute atomic E-state index is 12.6. The fourth-order valence-corrected chi connectivity index (χ4v) is 3.73. The summed E-state index contributed by atoms with van der Waals surface area (Å²) < 4.78 is 5.81. The van der Waals surface area contributed by atoms with Crippen LogP contribution in [0.5, 0.6) is 5.75 Å². The number of piperazine rings is 1. The second-order valence-corrected chi connectivity index (χ2v) is 7.16. The molecule has 1 saturated carbocycles. The summed E-state index contributed by atoms with van der Waals surface area (Å²) in [5, 5.41) is 0. The zero-order valence-corrected chi connectivity index (χ0v) is 14.9. The van der Waals surface area contributed by atoms with Gasteiger partial charge in [-0.25, -0.2) is 0 Å². The van der Waals surface area contributed by atoms with Gasteiger partial charge in [0.05, 0.1) is 0 Å². The van der Waals surface area contributed by atoms with Crippen molar-refractivity contribution in [3.63, 3.8) is 0 Å². The maximum atomic E-state index is 12.6. The molecule has 0 radical (unpaired) electrons. The number of hydrogen-bond acceptors (Lipinski definition) is 3. The molecule has 4 heteroatoms. The topological polar surface area (TPSA) is 32.8 Å². The Hall–Kier alpha value is -1.55. The van der Waals surface area contributed by atoms with Crippen LogP contribution in [0, 0.1) is 12.8 Å². The first-order valence-corrected chi connectivity index (χ1v) is 9.43. The highest BCUT2D eigenvalue weighted by Gasteiger charge is 2.28. The molecule has 1 aromatic rings. The van der Waals surface area contributed by atoms with Gasteiger partial charge in [0.1, 0.15) is 12.4 Å². The van der Waals surface area contributed by atoms with Crippen molar-refractivity contribution in [2.75, 3.05) is 39.3 Å². The molecule has 2 fully saturated rings. The van der Waals surface area contributed by atoms with Gasteiger partial charge in [0.2, 0.25) is 5.91 Å². The molecule has 3 rings (SSSR count). The summed E-state index contributed by atoms with van der Waals surface area (Å²) in [6.07, 6.45) is 5.96. The Bertz CT molecular complexity index is 515. The summed E-state index contributed by atoms with van der Waals surface area (Å²) in [4.78, 5) is 17.1. The van der Waals surface area contributed by atoms with Crippen LogP contribution >= 0.6 is 0 Å². The number of amides is 1. The molecule has 4 nitrogen and oxygen atoms in total. The highest BCUT2D eigenvalue weighted by atomic mass is 16.5. The summed E-state index contributed by atoms with van der Waals surface area (Å²) in [5.74, 6) is 1.65. The van der Waals surface area contributed by atoms with Crippen molar-refractivity contribution in [3.05, 3.63) is 29.8 Å². The van der Waals surface area contributed by atoms with E-state index in [2.05, 4.69) is 28.9 Å². The van der Waals surface area contributed by atoms with Crippen LogP contribution in [0.25, 0.3) is 0 Å². The maximum Gasteiger partial charge on any atom is 0.225 e. The third kappa shape index (κ3) is 4.73. The number of carbonyl (C=O) groups excluding carboxylic acids is 1. The van der Waals surface area contributed by atoms with Crippen LogP contribution in [-0.2, 0) is 4.79 Å². The van der Waals surface area contributed by atoms with Crippen molar-refractivity contribution in [1.29, 1.82) is 0 Å². The van der Waals surface area contributed by atoms with Crippen molar-refractivity contribution in [2.24, 2.45) is 5.92 Å². The Morgan fingerprint density at radius 3 is 2.38 bits per heavy atom. The van der Waals surface area contributed by atoms with Crippen molar-refractivity contribution < 1.29 is 9.53 Å². The number of ether oxygens (including phenoxy) is 1. The lowest BCUT2D eigenvalue weighted by Crippen LogP contribution is -2.51. The lowest BCUT2D eigenvalue weighted by atomic mass is 9.88. The third-order valence-corrected chi connectivity index (χ3v) is 5.34. The van der Waals surface area contributed by atoms with E-state index in [9.17, 15) is 4.79 Å². The first-order valence-electron chi connectivity index (χ1n) is 9.43. The van der Waals surface area contributed by atoms with E-state index in [1.165, 1.54) is 24.8 Å². The van der Waals surface area contributed by atoms with Crippen LogP contribution in [-0.4, -0.2) is 55.0 Å². The van der Waals surface area contributed by atoms with Crippen LogP contribution in [0.15, 0.2) is 24.3 Å². The molecular formula is C20H30N2O2. The zero-order valence-electron chi connectivity index (χ0n) is 14.9. The zero-order chi connectivity index (χ0) is 16.8. The van der Waals surface area contributed by atoms with Crippen LogP contribution in [0.1, 0.15) is 37.7 Å². The molecule has 1 aromatic carbocycles. The highest BCUT2D eigenvalue weighted by molar-refractivity contribution is 5.79. The van der Waals surface area contributed by atoms with Crippen molar-refractivity contribution in [1.82, 2.24) is 9.80 Å². The number of rotatable bonds is 5. The van der Waals surface area contributed by atoms with E-state index in [0.29, 0.717) is 18.4 Å². The van der Waals surface area contributed by atoms with E-state index in [1.807, 2.05) is 12.1 Å². The Labute approximate surface area is 145 Å². The molecule has 1 aliphatic heterocycles. The van der Waals surface area contributed by atoms with Gasteiger partial charge in [-0.2, -0.15) is 0 Å². The molecule has 1 saturated heterocycles. The summed E-state index contributed by atoms with van der Waals surface area (Å²) in [5.41, 5.74) is 1.25. The first kappa shape index (κ1) is 17.3. The van der Waals surface area contributed by atoms with Crippen molar-refractivity contribution >= 4 is 5.91 Å². The molecule has 1 aliphatic carbocycles. The standard InChI is InChI=1S/C20H30N2O2/c1-17-7-9-19(10-8-17)24-16-15-21-11-13-22(14-12-21)20(23)18-5-3-2-4-6-18/h7-10,18H,2-6,11-16H2,1H3. The lowest BCUT2D eigenvalue weighted by Gasteiger charge is -2.37. The second-order valence-electron chi connectivity index (χ2n) is 7.16. The molecule has 0 bridgehead atoms. The van der Waals surface area contributed by atoms with E-state index < -0.39 is 0 Å². The highest BCUT2D eigenvalue weighted by Crippen LogP contribution is 2.25. The van der Waals surface area contributed by atoms with Crippen molar-refractivity contribution in [3.8, 4) is 5.75 Å². The van der Waals surface area contributed by atoms with Gasteiger partial charge in [-0.1, -0.05) is 37.0 Å². The molecule has 0 aromatic heterocycles. The minimum atomic E-state index is 0.301. The largest absolute Gasteiger partial charge is 0.492 e. The van der Waals surface area contributed by atoms with Crippen LogP contribution in [0.2, 0.25) is 0 Å². The first-order chi connectivity index (χ1) is 11.7. The minimum Gasteiger partial charge on any atom is -0.492 e. The molecule has 0 unspecified atom stereocenters. The lowest BCUT2D eigenvalue weighted by molar-refractivity contribution is -0.138. The molecule has 1 amide bonds. The third-order valence-electron chi connectivity index (χ3n) is 5.34. The van der Waals surface area contributed by atoms with Crippen LogP contribution in [0.4, 0.5) is 0 Å². The molecule has 0 N–H and O–H groups in total. The van der Waals surface area contributed by atoms with Crippen molar-refractivity contribution in [2.45, 2.75) is 39.0 Å². The Balaban J connectivity index is 1.35. The predicted molar refractivity (Wildman–Crippen MR) is 96.3 cm³/mol. The van der Waals surface area contributed by atoms with E-state index in [0.717, 1.165) is 51.3 Å². The van der Waals surface area contributed by atoms with Gasteiger partial charge < -0.3 is 9.64 Å². The van der Waals surface area contributed by atoms with Gasteiger partial charge in [0.25, 0.3) is 0 Å². The quantitative estimate of drug-likeness (QED) is 0.832. The second kappa shape index (κ2) is 8.52. The molecule has 132 valence electrons. The van der Waals surface area contributed by atoms with Gasteiger partial charge in [0.15, 0.2) is 0 Å². The number of carbonyl (C=O) groups is 1. The summed E-state index contributed by atoms with van der Waals surface area (Å²) >= 11 is 0. The number of nitrogens with zero attached hydrogens (tertiary/aromatic N) is 2. The molecule has 24 heavy (non-hydrogen) atoms. The van der Waals surface area contributed by atoms with Gasteiger partial charge in [-0.15, -0.1) is 0 Å². The van der Waals surface area contributed by atoms with Crippen LogP contribution in [0.3, 0.4) is 0 Å². The summed E-state index contributed by atoms with van der Waals surface area (Å²) in [7, 11) is 0. The summed E-state index contributed by atoms with van der Waals surface area (Å²) in [6, 6.07) is 8.20. The molecule has 0 spiro atoms. The Morgan fingerprint density at radius 1 is 1.04 bits per heavy atom. The van der Waals surface area contributed by atoms with E-state index in [-0.39, 0.29) is 0 Å². The normalized spacial score (nSPS) is 20.1. The van der Waals surface area contributed by atoms with Crippen LogP contribution < -0.4 is 4.74 Å². The fourth-order valence-electron chi connectivity index (χ4n) is 3.73. The predicted octanol–water partition coefficient (Wildman–Crippen LogP) is 3.10. The van der Waals surface area contributed by atoms with E-state index >= 15 is 0 Å². The fraction of sp³-hybridized carbons (Fsp3) is 0.650. The Kier molecular flexibility index (Phi) is 6.13. The molecule has 0 atom stereocenters. The van der Waals surface area contributed by atoms with E-state index in [1.54, 1.807) is 0 Å². The number of hydrogen-bond donors (Lipinski definition) is 0. The average Bonchev–Trinajstić information content (AvgIpc) is 2.64. The van der Waals surface area contributed by atoms with Gasteiger partial charge in [-0.3, -0.25) is 9.69 Å². The minimum absolute atomic E-state index is 0.301. The molecular weight excluding hydrogens is 300 g/mol. The van der Waals surface area contributed by atoms with Gasteiger partial charge in [0, 0.05) is 38.6 Å².